The molecule has 0 amide bonds. The Balaban J connectivity index is 1.81. The lowest BCUT2D eigenvalue weighted by Crippen LogP contribution is -2.28. The Kier molecular flexibility index (Phi) is 3.22. The van der Waals surface area contributed by atoms with Gasteiger partial charge >= 0.3 is 5.97 Å². The summed E-state index contributed by atoms with van der Waals surface area (Å²) in [5.41, 5.74) is 2.61. The topological polar surface area (TPSA) is 42.7 Å². The van der Waals surface area contributed by atoms with Crippen molar-refractivity contribution < 1.29 is 13.9 Å². The van der Waals surface area contributed by atoms with E-state index in [9.17, 15) is 4.79 Å². The van der Waals surface area contributed by atoms with E-state index in [1.54, 1.807) is 6.07 Å². The first-order valence-corrected chi connectivity index (χ1v) is 6.70. The smallest absolute Gasteiger partial charge is 0.373 e. The number of hydrogen-bond acceptors (Lipinski definition) is 4. The number of methoxy groups -OCH3 is 1. The molecule has 2 aromatic rings. The highest BCUT2D eigenvalue weighted by atomic mass is 16.5. The van der Waals surface area contributed by atoms with Crippen LogP contribution in [0.1, 0.15) is 28.8 Å². The highest BCUT2D eigenvalue weighted by Gasteiger charge is 2.26. The molecule has 1 aliphatic rings. The molecule has 4 heteroatoms. The van der Waals surface area contributed by atoms with Crippen molar-refractivity contribution in [1.82, 2.24) is 0 Å². The number of fused-ring (bicyclic) bond motifs is 1. The summed E-state index contributed by atoms with van der Waals surface area (Å²) in [6, 6.07) is 12.3. The third kappa shape index (κ3) is 2.18. The van der Waals surface area contributed by atoms with E-state index in [4.69, 9.17) is 4.42 Å². The molecule has 4 nitrogen and oxygen atoms in total. The monoisotopic (exact) mass is 271 g/mol. The molecule has 1 aliphatic heterocycles. The lowest BCUT2D eigenvalue weighted by molar-refractivity contribution is 0.0563. The van der Waals surface area contributed by atoms with E-state index in [2.05, 4.69) is 34.8 Å². The van der Waals surface area contributed by atoms with Crippen LogP contribution in [0.5, 0.6) is 0 Å². The number of para-hydroxylation sites is 1. The van der Waals surface area contributed by atoms with E-state index >= 15 is 0 Å². The molecule has 20 heavy (non-hydrogen) atoms. The van der Waals surface area contributed by atoms with E-state index in [1.807, 2.05) is 12.1 Å². The quantitative estimate of drug-likeness (QED) is 0.805. The molecule has 0 fully saturated rings. The van der Waals surface area contributed by atoms with Crippen LogP contribution in [0.25, 0.3) is 0 Å². The standard InChI is InChI=1S/C16H17NO3/c1-11-9-12-5-3-4-6-14(12)17(11)10-13-7-8-15(20-13)16(18)19-2/h3-8,11H,9-10H2,1-2H3/t11-/m0/s1. The fraction of sp³-hybridized carbons (Fsp3) is 0.312. The number of anilines is 1. The van der Waals surface area contributed by atoms with Gasteiger partial charge in [-0.1, -0.05) is 18.2 Å². The number of rotatable bonds is 3. The van der Waals surface area contributed by atoms with Crippen LogP contribution in [0.2, 0.25) is 0 Å². The summed E-state index contributed by atoms with van der Waals surface area (Å²) in [6.45, 7) is 2.86. The van der Waals surface area contributed by atoms with Crippen molar-refractivity contribution in [1.29, 1.82) is 0 Å². The normalized spacial score (nSPS) is 17.1. The number of furan rings is 1. The summed E-state index contributed by atoms with van der Waals surface area (Å²) in [6.07, 6.45) is 1.04. The van der Waals surface area contributed by atoms with Crippen molar-refractivity contribution in [2.24, 2.45) is 0 Å². The minimum atomic E-state index is -0.439. The molecule has 0 unspecified atom stereocenters. The zero-order valence-electron chi connectivity index (χ0n) is 11.6. The number of nitrogens with zero attached hydrogens (tertiary/aromatic N) is 1. The maximum atomic E-state index is 11.4. The van der Waals surface area contributed by atoms with Gasteiger partial charge in [-0.2, -0.15) is 0 Å². The minimum Gasteiger partial charge on any atom is -0.463 e. The lowest BCUT2D eigenvalue weighted by atomic mass is 10.1. The van der Waals surface area contributed by atoms with E-state index in [1.165, 1.54) is 18.4 Å². The fourth-order valence-corrected chi connectivity index (χ4v) is 2.71. The highest BCUT2D eigenvalue weighted by molar-refractivity contribution is 5.86. The van der Waals surface area contributed by atoms with Crippen LogP contribution in [-0.2, 0) is 17.7 Å². The molecule has 0 N–H and O–H groups in total. The van der Waals surface area contributed by atoms with Crippen molar-refractivity contribution in [3.8, 4) is 0 Å². The van der Waals surface area contributed by atoms with Gasteiger partial charge < -0.3 is 14.1 Å². The van der Waals surface area contributed by atoms with E-state index < -0.39 is 5.97 Å². The van der Waals surface area contributed by atoms with Gasteiger partial charge in [-0.25, -0.2) is 4.79 Å². The van der Waals surface area contributed by atoms with Crippen LogP contribution >= 0.6 is 0 Å². The minimum absolute atomic E-state index is 0.252. The molecule has 0 bridgehead atoms. The number of esters is 1. The number of benzene rings is 1. The van der Waals surface area contributed by atoms with Gasteiger partial charge in [0.1, 0.15) is 5.76 Å². The Labute approximate surface area is 118 Å². The zero-order valence-corrected chi connectivity index (χ0v) is 11.6. The van der Waals surface area contributed by atoms with Crippen molar-refractivity contribution in [3.63, 3.8) is 0 Å². The summed E-state index contributed by atoms with van der Waals surface area (Å²) < 4.78 is 10.2. The maximum Gasteiger partial charge on any atom is 0.373 e. The predicted octanol–water partition coefficient (Wildman–Crippen LogP) is 3.02. The molecule has 1 aromatic carbocycles. The van der Waals surface area contributed by atoms with Gasteiger partial charge in [0.25, 0.3) is 0 Å². The van der Waals surface area contributed by atoms with Crippen LogP contribution in [0.3, 0.4) is 0 Å². The molecule has 0 aliphatic carbocycles. The first-order valence-electron chi connectivity index (χ1n) is 6.70. The van der Waals surface area contributed by atoms with Crippen molar-refractivity contribution in [3.05, 3.63) is 53.5 Å². The van der Waals surface area contributed by atoms with Crippen molar-refractivity contribution >= 4 is 11.7 Å². The average Bonchev–Trinajstić information content (AvgIpc) is 3.04. The Morgan fingerprint density at radius 1 is 1.35 bits per heavy atom. The Bertz CT molecular complexity index is 632. The zero-order chi connectivity index (χ0) is 14.1. The first kappa shape index (κ1) is 12.8. The largest absolute Gasteiger partial charge is 0.463 e. The summed E-state index contributed by atoms with van der Waals surface area (Å²) >= 11 is 0. The molecule has 3 rings (SSSR count). The van der Waals surface area contributed by atoms with Crippen LogP contribution in [0.15, 0.2) is 40.8 Å². The van der Waals surface area contributed by atoms with Gasteiger partial charge in [-0.15, -0.1) is 0 Å². The molecule has 0 spiro atoms. The molecular formula is C16H17NO3. The van der Waals surface area contributed by atoms with Gasteiger partial charge in [-0.3, -0.25) is 0 Å². The second-order valence-electron chi connectivity index (χ2n) is 5.07. The van der Waals surface area contributed by atoms with Crippen LogP contribution < -0.4 is 4.90 Å². The molecule has 1 atom stereocenters. The maximum absolute atomic E-state index is 11.4. The lowest BCUT2D eigenvalue weighted by Gasteiger charge is -2.23. The number of carbonyl (C=O) groups is 1. The van der Waals surface area contributed by atoms with Gasteiger partial charge in [-0.05, 0) is 37.1 Å². The van der Waals surface area contributed by atoms with Gasteiger partial charge in [0.2, 0.25) is 5.76 Å². The molecule has 1 aromatic heterocycles. The van der Waals surface area contributed by atoms with Crippen molar-refractivity contribution in [2.75, 3.05) is 12.0 Å². The summed E-state index contributed by atoms with van der Waals surface area (Å²) in [4.78, 5) is 13.7. The summed E-state index contributed by atoms with van der Waals surface area (Å²) in [5.74, 6) is 0.586. The second-order valence-corrected chi connectivity index (χ2v) is 5.07. The number of hydrogen-bond donors (Lipinski definition) is 0. The third-order valence-corrected chi connectivity index (χ3v) is 3.72. The van der Waals surface area contributed by atoms with Crippen molar-refractivity contribution in [2.45, 2.75) is 25.9 Å². The third-order valence-electron chi connectivity index (χ3n) is 3.72. The average molecular weight is 271 g/mol. The molecular weight excluding hydrogens is 254 g/mol. The second kappa shape index (κ2) is 5.04. The SMILES string of the molecule is COC(=O)c1ccc(CN2c3ccccc3C[C@@H]2C)o1. The van der Waals surface area contributed by atoms with Gasteiger partial charge in [0, 0.05) is 11.7 Å². The predicted molar refractivity (Wildman–Crippen MR) is 75.8 cm³/mol. The van der Waals surface area contributed by atoms with E-state index in [0.717, 1.165) is 12.2 Å². The highest BCUT2D eigenvalue weighted by Crippen LogP contribution is 2.33. The van der Waals surface area contributed by atoms with Gasteiger partial charge in [0.15, 0.2) is 0 Å². The summed E-state index contributed by atoms with van der Waals surface area (Å²) in [7, 11) is 1.35. The van der Waals surface area contributed by atoms with E-state index in [0.29, 0.717) is 12.6 Å². The van der Waals surface area contributed by atoms with Crippen LogP contribution in [0.4, 0.5) is 5.69 Å². The number of carbonyl (C=O) groups excluding carboxylic acids is 1. The van der Waals surface area contributed by atoms with E-state index in [-0.39, 0.29) is 5.76 Å². The Morgan fingerprint density at radius 3 is 2.95 bits per heavy atom. The number of ether oxygens (including phenoxy) is 1. The summed E-state index contributed by atoms with van der Waals surface area (Å²) in [5, 5.41) is 0. The molecule has 2 heterocycles. The molecule has 0 radical (unpaired) electrons. The molecule has 104 valence electrons. The Morgan fingerprint density at radius 2 is 2.15 bits per heavy atom. The van der Waals surface area contributed by atoms with Gasteiger partial charge in [0.05, 0.1) is 13.7 Å². The fourth-order valence-electron chi connectivity index (χ4n) is 2.71. The van der Waals surface area contributed by atoms with Crippen LogP contribution in [-0.4, -0.2) is 19.1 Å². The molecule has 0 saturated carbocycles. The molecule has 0 saturated heterocycles. The Hall–Kier alpha value is -2.23. The first-order chi connectivity index (χ1) is 9.69. The van der Waals surface area contributed by atoms with Crippen LogP contribution in [0, 0.1) is 0 Å².